The lowest BCUT2D eigenvalue weighted by atomic mass is 9.98. The molecule has 0 bridgehead atoms. The van der Waals surface area contributed by atoms with E-state index in [0.717, 1.165) is 13.0 Å². The van der Waals surface area contributed by atoms with E-state index >= 15 is 0 Å². The molecule has 1 nitrogen and oxygen atoms in total. The van der Waals surface area contributed by atoms with Gasteiger partial charge in [-0.25, -0.2) is 0 Å². The first kappa shape index (κ1) is 12.7. The Bertz CT molecular complexity index is 476. The number of aryl methyl sites for hydroxylation is 1. The molecule has 18 heavy (non-hydrogen) atoms. The number of hydrogen-bond donors (Lipinski definition) is 1. The van der Waals surface area contributed by atoms with Crippen LogP contribution in [0.4, 0.5) is 5.69 Å². The molecule has 0 amide bonds. The quantitative estimate of drug-likeness (QED) is 0.804. The zero-order valence-corrected chi connectivity index (χ0v) is 11.2. The van der Waals surface area contributed by atoms with Crippen LogP contribution in [0, 0.1) is 6.92 Å². The third kappa shape index (κ3) is 3.36. The van der Waals surface area contributed by atoms with Crippen molar-refractivity contribution in [1.29, 1.82) is 0 Å². The summed E-state index contributed by atoms with van der Waals surface area (Å²) < 4.78 is 0. The van der Waals surface area contributed by atoms with Gasteiger partial charge in [0.25, 0.3) is 0 Å². The van der Waals surface area contributed by atoms with Gasteiger partial charge in [-0.05, 0) is 36.5 Å². The molecule has 0 heterocycles. The SMILES string of the molecule is Cc1ccccc1NCCC(C)c1ccccc1. The van der Waals surface area contributed by atoms with Crippen molar-refractivity contribution in [2.75, 3.05) is 11.9 Å². The summed E-state index contributed by atoms with van der Waals surface area (Å²) in [7, 11) is 0. The summed E-state index contributed by atoms with van der Waals surface area (Å²) in [5, 5.41) is 3.51. The molecule has 0 saturated heterocycles. The molecule has 1 unspecified atom stereocenters. The Morgan fingerprint density at radius 3 is 2.33 bits per heavy atom. The highest BCUT2D eigenvalue weighted by Crippen LogP contribution is 2.19. The van der Waals surface area contributed by atoms with E-state index in [1.165, 1.54) is 16.8 Å². The van der Waals surface area contributed by atoms with E-state index in [1.807, 2.05) is 0 Å². The molecular weight excluding hydrogens is 218 g/mol. The zero-order chi connectivity index (χ0) is 12.8. The van der Waals surface area contributed by atoms with Gasteiger partial charge in [-0.2, -0.15) is 0 Å². The molecule has 94 valence electrons. The van der Waals surface area contributed by atoms with Gasteiger partial charge < -0.3 is 5.32 Å². The van der Waals surface area contributed by atoms with E-state index in [2.05, 4.69) is 73.8 Å². The number of nitrogens with one attached hydrogen (secondary N) is 1. The first-order valence-electron chi connectivity index (χ1n) is 6.62. The summed E-state index contributed by atoms with van der Waals surface area (Å²) in [6.07, 6.45) is 1.15. The second-order valence-corrected chi connectivity index (χ2v) is 4.84. The van der Waals surface area contributed by atoms with Crippen LogP contribution in [0.25, 0.3) is 0 Å². The fourth-order valence-corrected chi connectivity index (χ4v) is 2.14. The van der Waals surface area contributed by atoms with E-state index in [-0.39, 0.29) is 0 Å². The average Bonchev–Trinajstić information content (AvgIpc) is 2.42. The number of rotatable bonds is 5. The first-order chi connectivity index (χ1) is 8.77. The Morgan fingerprint density at radius 1 is 0.944 bits per heavy atom. The maximum Gasteiger partial charge on any atom is 0.0369 e. The number of anilines is 1. The minimum absolute atomic E-state index is 0.600. The zero-order valence-electron chi connectivity index (χ0n) is 11.2. The van der Waals surface area contributed by atoms with Crippen molar-refractivity contribution in [2.45, 2.75) is 26.2 Å². The summed E-state index contributed by atoms with van der Waals surface area (Å²) in [4.78, 5) is 0. The average molecular weight is 239 g/mol. The minimum atomic E-state index is 0.600. The molecule has 0 spiro atoms. The molecule has 0 aliphatic heterocycles. The molecule has 0 radical (unpaired) electrons. The Morgan fingerprint density at radius 2 is 1.61 bits per heavy atom. The Balaban J connectivity index is 1.84. The summed E-state index contributed by atoms with van der Waals surface area (Å²) in [5.74, 6) is 0.600. The van der Waals surface area contributed by atoms with E-state index < -0.39 is 0 Å². The van der Waals surface area contributed by atoms with Gasteiger partial charge in [-0.3, -0.25) is 0 Å². The lowest BCUT2D eigenvalue weighted by Crippen LogP contribution is -2.06. The topological polar surface area (TPSA) is 12.0 Å². The second-order valence-electron chi connectivity index (χ2n) is 4.84. The molecule has 2 aromatic rings. The van der Waals surface area contributed by atoms with Gasteiger partial charge >= 0.3 is 0 Å². The van der Waals surface area contributed by atoms with Crippen molar-refractivity contribution in [1.82, 2.24) is 0 Å². The van der Waals surface area contributed by atoms with E-state index in [1.54, 1.807) is 0 Å². The molecule has 0 aliphatic rings. The molecule has 2 rings (SSSR count). The second kappa shape index (κ2) is 6.25. The van der Waals surface area contributed by atoms with Crippen molar-refractivity contribution >= 4 is 5.69 Å². The normalized spacial score (nSPS) is 12.1. The first-order valence-corrected chi connectivity index (χ1v) is 6.62. The van der Waals surface area contributed by atoms with Gasteiger partial charge in [-0.15, -0.1) is 0 Å². The highest BCUT2D eigenvalue weighted by Gasteiger charge is 2.04. The van der Waals surface area contributed by atoms with Gasteiger partial charge in [0.05, 0.1) is 0 Å². The Kier molecular flexibility index (Phi) is 4.40. The molecule has 0 fully saturated rings. The van der Waals surface area contributed by atoms with Crippen molar-refractivity contribution in [3.63, 3.8) is 0 Å². The summed E-state index contributed by atoms with van der Waals surface area (Å²) in [5.41, 5.74) is 3.98. The molecule has 1 heteroatoms. The fourth-order valence-electron chi connectivity index (χ4n) is 2.14. The molecule has 0 saturated carbocycles. The third-order valence-electron chi connectivity index (χ3n) is 3.41. The number of benzene rings is 2. The number of para-hydroxylation sites is 1. The Labute approximate surface area is 110 Å². The highest BCUT2D eigenvalue weighted by atomic mass is 14.9. The van der Waals surface area contributed by atoms with E-state index in [9.17, 15) is 0 Å². The number of hydrogen-bond acceptors (Lipinski definition) is 1. The van der Waals surface area contributed by atoms with Crippen LogP contribution in [0.15, 0.2) is 54.6 Å². The predicted octanol–water partition coefficient (Wildman–Crippen LogP) is 4.60. The van der Waals surface area contributed by atoms with E-state index in [4.69, 9.17) is 0 Å². The van der Waals surface area contributed by atoms with Crippen LogP contribution in [0.5, 0.6) is 0 Å². The van der Waals surface area contributed by atoms with Crippen LogP contribution in [0.1, 0.15) is 30.4 Å². The van der Waals surface area contributed by atoms with Crippen LogP contribution >= 0.6 is 0 Å². The summed E-state index contributed by atoms with van der Waals surface area (Å²) >= 11 is 0. The maximum absolute atomic E-state index is 3.51. The van der Waals surface area contributed by atoms with Crippen molar-refractivity contribution in [3.8, 4) is 0 Å². The van der Waals surface area contributed by atoms with Crippen LogP contribution < -0.4 is 5.32 Å². The van der Waals surface area contributed by atoms with Gasteiger partial charge in [0, 0.05) is 12.2 Å². The summed E-state index contributed by atoms with van der Waals surface area (Å²) in [6.45, 7) is 5.44. The lowest BCUT2D eigenvalue weighted by Gasteiger charge is -2.14. The minimum Gasteiger partial charge on any atom is -0.385 e. The molecule has 2 aromatic carbocycles. The monoisotopic (exact) mass is 239 g/mol. The smallest absolute Gasteiger partial charge is 0.0369 e. The maximum atomic E-state index is 3.51. The Hall–Kier alpha value is -1.76. The molecule has 0 aliphatic carbocycles. The van der Waals surface area contributed by atoms with Crippen LogP contribution in [-0.4, -0.2) is 6.54 Å². The predicted molar refractivity (Wildman–Crippen MR) is 79.1 cm³/mol. The molecule has 0 aromatic heterocycles. The van der Waals surface area contributed by atoms with Crippen molar-refractivity contribution in [2.24, 2.45) is 0 Å². The van der Waals surface area contributed by atoms with Gasteiger partial charge in [0.1, 0.15) is 0 Å². The van der Waals surface area contributed by atoms with Gasteiger partial charge in [0.2, 0.25) is 0 Å². The van der Waals surface area contributed by atoms with Crippen molar-refractivity contribution < 1.29 is 0 Å². The van der Waals surface area contributed by atoms with Gasteiger partial charge in [-0.1, -0.05) is 55.5 Å². The third-order valence-corrected chi connectivity index (χ3v) is 3.41. The highest BCUT2D eigenvalue weighted by molar-refractivity contribution is 5.50. The van der Waals surface area contributed by atoms with E-state index in [0.29, 0.717) is 5.92 Å². The lowest BCUT2D eigenvalue weighted by molar-refractivity contribution is 0.706. The fraction of sp³-hybridized carbons (Fsp3) is 0.294. The van der Waals surface area contributed by atoms with Crippen LogP contribution in [0.3, 0.4) is 0 Å². The van der Waals surface area contributed by atoms with Gasteiger partial charge in [0.15, 0.2) is 0 Å². The molecule has 1 atom stereocenters. The summed E-state index contributed by atoms with van der Waals surface area (Å²) in [6, 6.07) is 19.1. The standard InChI is InChI=1S/C17H21N/c1-14(16-9-4-3-5-10-16)12-13-18-17-11-7-6-8-15(17)2/h3-11,14,18H,12-13H2,1-2H3. The molecular formula is C17H21N. The van der Waals surface area contributed by atoms with Crippen LogP contribution in [-0.2, 0) is 0 Å². The largest absolute Gasteiger partial charge is 0.385 e. The van der Waals surface area contributed by atoms with Crippen molar-refractivity contribution in [3.05, 3.63) is 65.7 Å². The molecule has 1 N–H and O–H groups in total. The van der Waals surface area contributed by atoms with Crippen LogP contribution in [0.2, 0.25) is 0 Å².